The standard InChI is InChI=1S/C15H19N3O3S/c16-11-7-17-12-5-6-22-15(12)14(11)18-9-1-2-10(21-8-9)3-4-13(19)20/h5-7,9-10H,1-4,8,16H2,(H,17,18)(H,19,20)/t9-,10?/m0/s1. The fourth-order valence-corrected chi connectivity index (χ4v) is 3.58. The van der Waals surface area contributed by atoms with Crippen LogP contribution >= 0.6 is 11.3 Å². The Balaban J connectivity index is 1.61. The first-order valence-corrected chi connectivity index (χ1v) is 8.23. The van der Waals surface area contributed by atoms with Gasteiger partial charge in [-0.15, -0.1) is 11.3 Å². The largest absolute Gasteiger partial charge is 0.481 e. The number of aromatic nitrogens is 1. The number of rotatable bonds is 5. The number of nitrogen functional groups attached to an aromatic ring is 1. The Hall–Kier alpha value is -1.86. The molecule has 2 aromatic rings. The second kappa shape index (κ2) is 6.50. The topological polar surface area (TPSA) is 97.5 Å². The number of hydrogen-bond acceptors (Lipinski definition) is 6. The molecule has 1 aliphatic rings. The lowest BCUT2D eigenvalue weighted by Gasteiger charge is -2.30. The van der Waals surface area contributed by atoms with Crippen LogP contribution in [0.1, 0.15) is 25.7 Å². The third-order valence-corrected chi connectivity index (χ3v) is 4.82. The normalized spacial score (nSPS) is 21.8. The quantitative estimate of drug-likeness (QED) is 0.783. The average molecular weight is 321 g/mol. The van der Waals surface area contributed by atoms with Crippen LogP contribution in [-0.2, 0) is 9.53 Å². The number of anilines is 2. The van der Waals surface area contributed by atoms with Crippen molar-refractivity contribution in [2.75, 3.05) is 17.7 Å². The number of ether oxygens (including phenoxy) is 1. The number of carboxylic acid groups (broad SMARTS) is 1. The van der Waals surface area contributed by atoms with Crippen molar-refractivity contribution in [3.63, 3.8) is 0 Å². The summed E-state index contributed by atoms with van der Waals surface area (Å²) in [6, 6.07) is 2.17. The van der Waals surface area contributed by atoms with E-state index in [0.29, 0.717) is 18.7 Å². The number of carboxylic acids is 1. The third kappa shape index (κ3) is 3.31. The van der Waals surface area contributed by atoms with Crippen LogP contribution in [0.5, 0.6) is 0 Å². The van der Waals surface area contributed by atoms with E-state index in [1.54, 1.807) is 17.5 Å². The van der Waals surface area contributed by atoms with Crippen LogP contribution in [0.25, 0.3) is 10.2 Å². The summed E-state index contributed by atoms with van der Waals surface area (Å²) in [7, 11) is 0. The van der Waals surface area contributed by atoms with E-state index in [1.807, 2.05) is 11.4 Å². The van der Waals surface area contributed by atoms with Crippen LogP contribution in [0.3, 0.4) is 0 Å². The van der Waals surface area contributed by atoms with Gasteiger partial charge in [-0.2, -0.15) is 0 Å². The molecule has 6 nitrogen and oxygen atoms in total. The van der Waals surface area contributed by atoms with Gasteiger partial charge in [0, 0.05) is 12.5 Å². The number of pyridine rings is 1. The molecule has 22 heavy (non-hydrogen) atoms. The highest BCUT2D eigenvalue weighted by Gasteiger charge is 2.23. The highest BCUT2D eigenvalue weighted by Crippen LogP contribution is 2.33. The highest BCUT2D eigenvalue weighted by atomic mass is 32.1. The molecular formula is C15H19N3O3S. The van der Waals surface area contributed by atoms with Gasteiger partial charge in [0.2, 0.25) is 0 Å². The number of aliphatic carboxylic acids is 1. The molecule has 0 aliphatic carbocycles. The summed E-state index contributed by atoms with van der Waals surface area (Å²) in [4.78, 5) is 14.9. The fourth-order valence-electron chi connectivity index (χ4n) is 2.71. The smallest absolute Gasteiger partial charge is 0.303 e. The molecule has 0 spiro atoms. The summed E-state index contributed by atoms with van der Waals surface area (Å²) in [5.41, 5.74) is 8.56. The number of carbonyl (C=O) groups is 1. The van der Waals surface area contributed by atoms with Crippen molar-refractivity contribution in [1.82, 2.24) is 4.98 Å². The van der Waals surface area contributed by atoms with Crippen molar-refractivity contribution in [3.8, 4) is 0 Å². The molecule has 4 N–H and O–H groups in total. The Bertz CT molecular complexity index is 665. The van der Waals surface area contributed by atoms with Gasteiger partial charge in [0.25, 0.3) is 0 Å². The van der Waals surface area contributed by atoms with Crippen LogP contribution in [0.2, 0.25) is 0 Å². The SMILES string of the molecule is Nc1cnc2ccsc2c1N[C@H]1CCC(CCC(=O)O)OC1. The lowest BCUT2D eigenvalue weighted by atomic mass is 10.0. The predicted octanol–water partition coefficient (Wildman–Crippen LogP) is 2.70. The van der Waals surface area contributed by atoms with Gasteiger partial charge in [0.15, 0.2) is 0 Å². The summed E-state index contributed by atoms with van der Waals surface area (Å²) < 4.78 is 6.83. The van der Waals surface area contributed by atoms with Gasteiger partial charge in [-0.3, -0.25) is 9.78 Å². The lowest BCUT2D eigenvalue weighted by molar-refractivity contribution is -0.138. The maximum Gasteiger partial charge on any atom is 0.303 e. The van der Waals surface area contributed by atoms with Gasteiger partial charge in [-0.1, -0.05) is 0 Å². The van der Waals surface area contributed by atoms with Crippen LogP contribution in [-0.4, -0.2) is 34.8 Å². The van der Waals surface area contributed by atoms with Crippen molar-refractivity contribution in [2.24, 2.45) is 0 Å². The van der Waals surface area contributed by atoms with E-state index in [4.69, 9.17) is 15.6 Å². The molecule has 2 atom stereocenters. The fraction of sp³-hybridized carbons (Fsp3) is 0.467. The third-order valence-electron chi connectivity index (χ3n) is 3.90. The predicted molar refractivity (Wildman–Crippen MR) is 87.3 cm³/mol. The van der Waals surface area contributed by atoms with Crippen molar-refractivity contribution in [3.05, 3.63) is 17.6 Å². The molecule has 118 valence electrons. The molecular weight excluding hydrogens is 302 g/mol. The van der Waals surface area contributed by atoms with Gasteiger partial charge in [0.1, 0.15) is 0 Å². The monoisotopic (exact) mass is 321 g/mol. The highest BCUT2D eigenvalue weighted by molar-refractivity contribution is 7.17. The first kappa shape index (κ1) is 15.1. The summed E-state index contributed by atoms with van der Waals surface area (Å²) in [6.45, 7) is 0.568. The Morgan fingerprint density at radius 2 is 2.41 bits per heavy atom. The Labute approximate surface area is 132 Å². The molecule has 1 unspecified atom stereocenters. The van der Waals surface area contributed by atoms with Crippen LogP contribution in [0, 0.1) is 0 Å². The molecule has 0 aromatic carbocycles. The Morgan fingerprint density at radius 3 is 3.14 bits per heavy atom. The number of hydrogen-bond donors (Lipinski definition) is 3. The van der Waals surface area contributed by atoms with Crippen LogP contribution in [0.4, 0.5) is 11.4 Å². The number of fused-ring (bicyclic) bond motifs is 1. The molecule has 1 fully saturated rings. The van der Waals surface area contributed by atoms with E-state index >= 15 is 0 Å². The number of nitrogens with one attached hydrogen (secondary N) is 1. The molecule has 1 saturated heterocycles. The zero-order valence-corrected chi connectivity index (χ0v) is 12.9. The minimum absolute atomic E-state index is 0.0469. The van der Waals surface area contributed by atoms with Crippen LogP contribution < -0.4 is 11.1 Å². The Morgan fingerprint density at radius 1 is 1.55 bits per heavy atom. The molecule has 2 aromatic heterocycles. The summed E-state index contributed by atoms with van der Waals surface area (Å²) in [5, 5.41) is 14.2. The van der Waals surface area contributed by atoms with Crippen molar-refractivity contribution >= 4 is 38.9 Å². The number of thiophene rings is 1. The zero-order valence-electron chi connectivity index (χ0n) is 12.1. The van der Waals surface area contributed by atoms with Gasteiger partial charge in [0.05, 0.1) is 40.5 Å². The van der Waals surface area contributed by atoms with Crippen molar-refractivity contribution < 1.29 is 14.6 Å². The molecule has 1 aliphatic heterocycles. The maximum atomic E-state index is 10.6. The first-order valence-electron chi connectivity index (χ1n) is 7.35. The second-order valence-electron chi connectivity index (χ2n) is 5.53. The zero-order chi connectivity index (χ0) is 15.5. The average Bonchev–Trinajstić information content (AvgIpc) is 2.98. The van der Waals surface area contributed by atoms with Gasteiger partial charge in [-0.05, 0) is 30.7 Å². The molecule has 7 heteroatoms. The van der Waals surface area contributed by atoms with E-state index in [2.05, 4.69) is 10.3 Å². The minimum atomic E-state index is -0.770. The minimum Gasteiger partial charge on any atom is -0.481 e. The molecule has 0 bridgehead atoms. The van der Waals surface area contributed by atoms with Crippen LogP contribution in [0.15, 0.2) is 17.6 Å². The van der Waals surface area contributed by atoms with E-state index in [0.717, 1.165) is 28.7 Å². The van der Waals surface area contributed by atoms with E-state index < -0.39 is 5.97 Å². The van der Waals surface area contributed by atoms with Crippen molar-refractivity contribution in [1.29, 1.82) is 0 Å². The molecule has 3 rings (SSSR count). The second-order valence-corrected chi connectivity index (χ2v) is 6.45. The van der Waals surface area contributed by atoms with Gasteiger partial charge in [-0.25, -0.2) is 0 Å². The molecule has 0 saturated carbocycles. The summed E-state index contributed by atoms with van der Waals surface area (Å²) in [5.74, 6) is -0.770. The summed E-state index contributed by atoms with van der Waals surface area (Å²) >= 11 is 1.62. The summed E-state index contributed by atoms with van der Waals surface area (Å²) in [6.07, 6.45) is 4.27. The van der Waals surface area contributed by atoms with E-state index in [1.165, 1.54) is 0 Å². The number of nitrogens with two attached hydrogens (primary N) is 1. The van der Waals surface area contributed by atoms with E-state index in [9.17, 15) is 4.79 Å². The van der Waals surface area contributed by atoms with Gasteiger partial charge >= 0.3 is 5.97 Å². The maximum absolute atomic E-state index is 10.6. The van der Waals surface area contributed by atoms with E-state index in [-0.39, 0.29) is 18.6 Å². The molecule has 3 heterocycles. The van der Waals surface area contributed by atoms with Gasteiger partial charge < -0.3 is 20.9 Å². The first-order chi connectivity index (χ1) is 10.6. The van der Waals surface area contributed by atoms with Crippen molar-refractivity contribution in [2.45, 2.75) is 37.8 Å². The Kier molecular flexibility index (Phi) is 4.44. The number of nitrogens with zero attached hydrogens (tertiary/aromatic N) is 1. The lowest BCUT2D eigenvalue weighted by Crippen LogP contribution is -2.35. The molecule has 0 radical (unpaired) electrons. The molecule has 0 amide bonds.